The van der Waals surface area contributed by atoms with Crippen molar-refractivity contribution >= 4 is 11.7 Å². The van der Waals surface area contributed by atoms with Crippen molar-refractivity contribution in [3.63, 3.8) is 0 Å². The molecule has 106 valence electrons. The van der Waals surface area contributed by atoms with Gasteiger partial charge in [-0.05, 0) is 25.0 Å². The lowest BCUT2D eigenvalue weighted by molar-refractivity contribution is -0.138. The van der Waals surface area contributed by atoms with Crippen molar-refractivity contribution in [1.82, 2.24) is 0 Å². The van der Waals surface area contributed by atoms with Crippen LogP contribution in [0.25, 0.3) is 0 Å². The van der Waals surface area contributed by atoms with E-state index in [9.17, 15) is 18.7 Å². The first kappa shape index (κ1) is 14.3. The number of nitrogens with zero attached hydrogens (tertiary/aromatic N) is 2. The molecule has 0 aromatic heterocycles. The molecule has 1 heterocycles. The summed E-state index contributed by atoms with van der Waals surface area (Å²) in [5, 5.41) is 17.9. The van der Waals surface area contributed by atoms with Gasteiger partial charge in [0, 0.05) is 6.54 Å². The molecule has 0 amide bonds. The highest BCUT2D eigenvalue weighted by Gasteiger charge is 2.31. The predicted octanol–water partition coefficient (Wildman–Crippen LogP) is 2.67. The van der Waals surface area contributed by atoms with Gasteiger partial charge in [0.25, 0.3) is 0 Å². The molecule has 1 saturated heterocycles. The standard InChI is InChI=1S/C14H14F2N2O2/c15-10-6-9(8-17)7-11(16)13(10)18-5-3-1-2-4-12(18)14(19)20/h6-7,12H,1-5H2,(H,19,20). The first-order chi connectivity index (χ1) is 9.54. The molecule has 20 heavy (non-hydrogen) atoms. The summed E-state index contributed by atoms with van der Waals surface area (Å²) in [6.45, 7) is 0.288. The van der Waals surface area contributed by atoms with Crippen molar-refractivity contribution in [3.8, 4) is 6.07 Å². The number of carboxylic acid groups (broad SMARTS) is 1. The van der Waals surface area contributed by atoms with Crippen LogP contribution in [0.1, 0.15) is 31.2 Å². The second-order valence-electron chi connectivity index (χ2n) is 4.80. The molecule has 1 fully saturated rings. The Labute approximate surface area is 115 Å². The van der Waals surface area contributed by atoms with Crippen LogP contribution in [-0.2, 0) is 4.79 Å². The summed E-state index contributed by atoms with van der Waals surface area (Å²) >= 11 is 0. The van der Waals surface area contributed by atoms with Gasteiger partial charge in [0.05, 0.1) is 11.6 Å². The first-order valence-corrected chi connectivity index (χ1v) is 6.43. The zero-order valence-corrected chi connectivity index (χ0v) is 10.8. The van der Waals surface area contributed by atoms with Crippen LogP contribution >= 0.6 is 0 Å². The van der Waals surface area contributed by atoms with Gasteiger partial charge in [0.2, 0.25) is 0 Å². The molecule has 1 aliphatic heterocycles. The molecule has 4 nitrogen and oxygen atoms in total. The quantitative estimate of drug-likeness (QED) is 0.904. The summed E-state index contributed by atoms with van der Waals surface area (Å²) in [4.78, 5) is 12.6. The maximum atomic E-state index is 14.0. The Morgan fingerprint density at radius 1 is 1.30 bits per heavy atom. The minimum absolute atomic E-state index is 0.120. The first-order valence-electron chi connectivity index (χ1n) is 6.43. The number of carbonyl (C=O) groups is 1. The number of benzene rings is 1. The van der Waals surface area contributed by atoms with Gasteiger partial charge in [-0.25, -0.2) is 13.6 Å². The third-order valence-corrected chi connectivity index (χ3v) is 3.47. The molecule has 1 N–H and O–H groups in total. The van der Waals surface area contributed by atoms with E-state index in [1.807, 2.05) is 0 Å². The second kappa shape index (κ2) is 5.87. The molecule has 1 unspecified atom stereocenters. The summed E-state index contributed by atoms with van der Waals surface area (Å²) < 4.78 is 28.1. The predicted molar refractivity (Wildman–Crippen MR) is 68.3 cm³/mol. The van der Waals surface area contributed by atoms with Crippen LogP contribution in [0.2, 0.25) is 0 Å². The fourth-order valence-electron chi connectivity index (χ4n) is 2.54. The summed E-state index contributed by atoms with van der Waals surface area (Å²) in [5.41, 5.74) is -0.469. The highest BCUT2D eigenvalue weighted by Crippen LogP contribution is 2.30. The molecular weight excluding hydrogens is 266 g/mol. The largest absolute Gasteiger partial charge is 0.480 e. The summed E-state index contributed by atoms with van der Waals surface area (Å²) in [5.74, 6) is -2.88. The smallest absolute Gasteiger partial charge is 0.326 e. The summed E-state index contributed by atoms with van der Waals surface area (Å²) in [7, 11) is 0. The van der Waals surface area contributed by atoms with Crippen LogP contribution in [0.15, 0.2) is 12.1 Å². The highest BCUT2D eigenvalue weighted by atomic mass is 19.1. The Balaban J connectivity index is 2.47. The number of anilines is 1. The average molecular weight is 280 g/mol. The van der Waals surface area contributed by atoms with Crippen molar-refractivity contribution < 1.29 is 18.7 Å². The van der Waals surface area contributed by atoms with Crippen molar-refractivity contribution in [1.29, 1.82) is 5.26 Å². The van der Waals surface area contributed by atoms with E-state index in [1.165, 1.54) is 4.90 Å². The normalized spacial score (nSPS) is 19.2. The molecule has 0 saturated carbocycles. The lowest BCUT2D eigenvalue weighted by Gasteiger charge is -2.29. The number of aliphatic carboxylic acids is 1. The van der Waals surface area contributed by atoms with E-state index in [4.69, 9.17) is 5.26 Å². The zero-order chi connectivity index (χ0) is 14.7. The van der Waals surface area contributed by atoms with E-state index in [0.29, 0.717) is 19.3 Å². The summed E-state index contributed by atoms with van der Waals surface area (Å²) in [6, 6.07) is 2.60. The summed E-state index contributed by atoms with van der Waals surface area (Å²) in [6.07, 6.45) is 2.59. The van der Waals surface area contributed by atoms with Crippen LogP contribution in [0.4, 0.5) is 14.5 Å². The monoisotopic (exact) mass is 280 g/mol. The molecule has 0 bridgehead atoms. The number of halogens is 2. The fourth-order valence-corrected chi connectivity index (χ4v) is 2.54. The van der Waals surface area contributed by atoms with Crippen LogP contribution < -0.4 is 4.90 Å². The number of nitriles is 1. The second-order valence-corrected chi connectivity index (χ2v) is 4.80. The topological polar surface area (TPSA) is 64.3 Å². The molecule has 1 aromatic rings. The lowest BCUT2D eigenvalue weighted by atomic mass is 10.1. The van der Waals surface area contributed by atoms with Gasteiger partial charge in [-0.3, -0.25) is 0 Å². The van der Waals surface area contributed by atoms with Crippen molar-refractivity contribution in [2.45, 2.75) is 31.7 Å². The molecule has 0 aliphatic carbocycles. The van der Waals surface area contributed by atoms with Gasteiger partial charge in [0.15, 0.2) is 11.6 Å². The minimum Gasteiger partial charge on any atom is -0.480 e. The molecule has 0 radical (unpaired) electrons. The Bertz CT molecular complexity index is 546. The van der Waals surface area contributed by atoms with Crippen LogP contribution in [0, 0.1) is 23.0 Å². The van der Waals surface area contributed by atoms with Crippen molar-refractivity contribution in [3.05, 3.63) is 29.3 Å². The van der Waals surface area contributed by atoms with Crippen molar-refractivity contribution in [2.24, 2.45) is 0 Å². The molecule has 1 aromatic carbocycles. The Kier molecular flexibility index (Phi) is 4.18. The van der Waals surface area contributed by atoms with E-state index in [2.05, 4.69) is 0 Å². The molecular formula is C14H14F2N2O2. The maximum Gasteiger partial charge on any atom is 0.326 e. The van der Waals surface area contributed by atoms with Gasteiger partial charge in [-0.1, -0.05) is 12.8 Å². The SMILES string of the molecule is N#Cc1cc(F)c(N2CCCCCC2C(=O)O)c(F)c1. The van der Waals surface area contributed by atoms with E-state index in [-0.39, 0.29) is 17.8 Å². The maximum absolute atomic E-state index is 14.0. The Hall–Kier alpha value is -2.16. The molecule has 2 rings (SSSR count). The number of hydrogen-bond donors (Lipinski definition) is 1. The highest BCUT2D eigenvalue weighted by molar-refractivity contribution is 5.78. The molecule has 6 heteroatoms. The Morgan fingerprint density at radius 2 is 1.95 bits per heavy atom. The number of hydrogen-bond acceptors (Lipinski definition) is 3. The fraction of sp³-hybridized carbons (Fsp3) is 0.429. The number of rotatable bonds is 2. The third-order valence-electron chi connectivity index (χ3n) is 3.47. The average Bonchev–Trinajstić information content (AvgIpc) is 2.63. The van der Waals surface area contributed by atoms with Crippen LogP contribution in [0.3, 0.4) is 0 Å². The zero-order valence-electron chi connectivity index (χ0n) is 10.8. The molecule has 1 aliphatic rings. The van der Waals surface area contributed by atoms with E-state index < -0.39 is 23.6 Å². The van der Waals surface area contributed by atoms with E-state index in [0.717, 1.165) is 18.6 Å². The van der Waals surface area contributed by atoms with Gasteiger partial charge in [-0.15, -0.1) is 0 Å². The molecule has 0 spiro atoms. The van der Waals surface area contributed by atoms with Gasteiger partial charge in [0.1, 0.15) is 11.7 Å². The Morgan fingerprint density at radius 3 is 2.50 bits per heavy atom. The van der Waals surface area contributed by atoms with E-state index in [1.54, 1.807) is 6.07 Å². The number of carboxylic acids is 1. The third kappa shape index (κ3) is 2.72. The molecule has 1 atom stereocenters. The minimum atomic E-state index is -1.09. The van der Waals surface area contributed by atoms with Gasteiger partial charge >= 0.3 is 5.97 Å². The van der Waals surface area contributed by atoms with E-state index >= 15 is 0 Å². The lowest BCUT2D eigenvalue weighted by Crippen LogP contribution is -2.41. The van der Waals surface area contributed by atoms with Gasteiger partial charge < -0.3 is 10.0 Å². The van der Waals surface area contributed by atoms with Crippen molar-refractivity contribution in [2.75, 3.05) is 11.4 Å². The van der Waals surface area contributed by atoms with Gasteiger partial charge in [-0.2, -0.15) is 5.26 Å². The van der Waals surface area contributed by atoms with Crippen LogP contribution in [0.5, 0.6) is 0 Å². The van der Waals surface area contributed by atoms with Crippen LogP contribution in [-0.4, -0.2) is 23.7 Å².